The van der Waals surface area contributed by atoms with Crippen LogP contribution < -0.4 is 9.47 Å². The average molecular weight is 679 g/mol. The number of esters is 2. The molecule has 0 bridgehead atoms. The van der Waals surface area contributed by atoms with Crippen LogP contribution in [0.2, 0.25) is 0 Å². The number of hydrogen-bond acceptors (Lipinski definition) is 8. The van der Waals surface area contributed by atoms with Gasteiger partial charge in [-0.05, 0) is 59.7 Å². The molecule has 0 unspecified atom stereocenters. The van der Waals surface area contributed by atoms with Crippen LogP contribution in [0.3, 0.4) is 0 Å². The summed E-state index contributed by atoms with van der Waals surface area (Å²) >= 11 is 0. The third-order valence-electron chi connectivity index (χ3n) is 8.55. The Hall–Kier alpha value is -7.06. The van der Waals surface area contributed by atoms with Crippen LogP contribution in [0.4, 0.5) is 0 Å². The molecule has 52 heavy (non-hydrogen) atoms. The molecule has 0 radical (unpaired) electrons. The molecule has 8 rings (SSSR count). The van der Waals surface area contributed by atoms with E-state index < -0.39 is 11.9 Å². The van der Waals surface area contributed by atoms with Crippen molar-refractivity contribution in [3.05, 3.63) is 146 Å². The minimum absolute atomic E-state index is 0.411. The molecular weight excluding hydrogens is 649 g/mol. The molecule has 0 saturated carbocycles. The van der Waals surface area contributed by atoms with Crippen molar-refractivity contribution in [3.63, 3.8) is 0 Å². The number of benzene rings is 6. The summed E-state index contributed by atoms with van der Waals surface area (Å²) in [7, 11) is 0. The Morgan fingerprint density at radius 3 is 1.19 bits per heavy atom. The minimum atomic E-state index is -0.416. The molecule has 0 fully saturated rings. The van der Waals surface area contributed by atoms with E-state index in [1.165, 1.54) is 13.8 Å². The van der Waals surface area contributed by atoms with Gasteiger partial charge in [0.25, 0.3) is 0 Å². The molecule has 0 atom stereocenters. The van der Waals surface area contributed by atoms with E-state index in [9.17, 15) is 9.59 Å². The monoisotopic (exact) mass is 678 g/mol. The lowest BCUT2D eigenvalue weighted by Gasteiger charge is -2.15. The fraction of sp³-hybridized carbons (Fsp3) is 0.0455. The summed E-state index contributed by atoms with van der Waals surface area (Å²) < 4.78 is 11.2. The molecule has 0 N–H and O–H groups in total. The fourth-order valence-corrected chi connectivity index (χ4v) is 6.25. The summed E-state index contributed by atoms with van der Waals surface area (Å²) in [5.41, 5.74) is 10.3. The smallest absolute Gasteiger partial charge is 0.308 e. The normalized spacial score (nSPS) is 11.0. The zero-order chi connectivity index (χ0) is 35.6. The first kappa shape index (κ1) is 32.2. The van der Waals surface area contributed by atoms with Crippen LogP contribution in [-0.2, 0) is 9.59 Å². The number of nitrogens with zero attached hydrogens (tertiary/aromatic N) is 4. The maximum atomic E-state index is 12.0. The lowest BCUT2D eigenvalue weighted by molar-refractivity contribution is -0.132. The first-order valence-electron chi connectivity index (χ1n) is 16.7. The molecule has 2 heterocycles. The number of rotatable bonds is 7. The Morgan fingerprint density at radius 1 is 0.385 bits per heavy atom. The number of carbonyl (C=O) groups is 2. The molecule has 250 valence electrons. The van der Waals surface area contributed by atoms with E-state index in [0.29, 0.717) is 62.0 Å². The lowest BCUT2D eigenvalue weighted by atomic mass is 10.0. The van der Waals surface area contributed by atoms with Crippen molar-refractivity contribution < 1.29 is 19.1 Å². The van der Waals surface area contributed by atoms with Crippen LogP contribution in [0.1, 0.15) is 13.8 Å². The van der Waals surface area contributed by atoms with Crippen molar-refractivity contribution in [2.45, 2.75) is 13.8 Å². The van der Waals surface area contributed by atoms with Crippen molar-refractivity contribution in [2.75, 3.05) is 0 Å². The zero-order valence-electron chi connectivity index (χ0n) is 28.3. The number of hydrogen-bond donors (Lipinski definition) is 0. The fourth-order valence-electron chi connectivity index (χ4n) is 6.25. The number of para-hydroxylation sites is 2. The van der Waals surface area contributed by atoms with Gasteiger partial charge in [0.05, 0.1) is 33.5 Å². The van der Waals surface area contributed by atoms with Crippen molar-refractivity contribution in [1.29, 1.82) is 0 Å². The maximum absolute atomic E-state index is 12.0. The molecule has 0 spiro atoms. The molecule has 8 aromatic rings. The van der Waals surface area contributed by atoms with E-state index in [1.54, 1.807) is 12.1 Å². The predicted molar refractivity (Wildman–Crippen MR) is 202 cm³/mol. The molecule has 0 aliphatic carbocycles. The third kappa shape index (κ3) is 6.36. The average Bonchev–Trinajstić information content (AvgIpc) is 3.17. The van der Waals surface area contributed by atoms with Crippen LogP contribution in [-0.4, -0.2) is 31.9 Å². The Balaban J connectivity index is 1.28. The second-order valence-corrected chi connectivity index (χ2v) is 12.2. The minimum Gasteiger partial charge on any atom is -0.426 e. The summed E-state index contributed by atoms with van der Waals surface area (Å²) in [5.74, 6) is -0.00126. The van der Waals surface area contributed by atoms with E-state index in [0.717, 1.165) is 27.8 Å². The van der Waals surface area contributed by atoms with Gasteiger partial charge in [-0.2, -0.15) is 0 Å². The highest BCUT2D eigenvalue weighted by molar-refractivity contribution is 5.93. The van der Waals surface area contributed by atoms with Crippen molar-refractivity contribution in [2.24, 2.45) is 0 Å². The van der Waals surface area contributed by atoms with Gasteiger partial charge in [0.2, 0.25) is 0 Å². The van der Waals surface area contributed by atoms with Gasteiger partial charge in [-0.25, -0.2) is 19.9 Å². The first-order chi connectivity index (χ1) is 25.4. The predicted octanol–water partition coefficient (Wildman–Crippen LogP) is 9.76. The molecule has 2 aromatic heterocycles. The molecule has 6 aromatic carbocycles. The van der Waals surface area contributed by atoms with E-state index in [-0.39, 0.29) is 0 Å². The molecule has 0 aliphatic heterocycles. The molecule has 0 saturated heterocycles. The number of fused-ring (bicyclic) bond motifs is 2. The number of ether oxygens (including phenoxy) is 2. The van der Waals surface area contributed by atoms with Gasteiger partial charge < -0.3 is 9.47 Å². The second-order valence-electron chi connectivity index (χ2n) is 12.2. The number of aromatic nitrogens is 4. The summed E-state index contributed by atoms with van der Waals surface area (Å²) in [5, 5.41) is 0. The highest BCUT2D eigenvalue weighted by atomic mass is 16.5. The van der Waals surface area contributed by atoms with E-state index in [2.05, 4.69) is 0 Å². The van der Waals surface area contributed by atoms with E-state index in [4.69, 9.17) is 29.4 Å². The SMILES string of the molecule is CC(=O)Oc1ccccc1-c1nc2ccc(-c3ccc4nc(-c5ccccc5)c(-c5ccccc5OC(C)=O)nc4c3)cc2nc1-c1ccccc1. The van der Waals surface area contributed by atoms with Crippen molar-refractivity contribution >= 4 is 34.0 Å². The maximum Gasteiger partial charge on any atom is 0.308 e. The Bertz CT molecular complexity index is 2640. The van der Waals surface area contributed by atoms with Crippen LogP contribution in [0, 0.1) is 0 Å². The van der Waals surface area contributed by atoms with Crippen LogP contribution in [0.5, 0.6) is 11.5 Å². The quantitative estimate of drug-likeness (QED) is 0.121. The van der Waals surface area contributed by atoms with Gasteiger partial charge in [0.15, 0.2) is 0 Å². The highest BCUT2D eigenvalue weighted by Gasteiger charge is 2.20. The molecule has 0 amide bonds. The first-order valence-corrected chi connectivity index (χ1v) is 16.7. The van der Waals surface area contributed by atoms with Crippen molar-refractivity contribution in [1.82, 2.24) is 19.9 Å². The van der Waals surface area contributed by atoms with Crippen molar-refractivity contribution in [3.8, 4) is 67.7 Å². The Kier molecular flexibility index (Phi) is 8.46. The molecular formula is C44H30N4O4. The van der Waals surface area contributed by atoms with Gasteiger partial charge in [0, 0.05) is 36.1 Å². The van der Waals surface area contributed by atoms with Gasteiger partial charge in [-0.1, -0.05) is 97.1 Å². The summed E-state index contributed by atoms with van der Waals surface area (Å²) in [6.07, 6.45) is 0. The van der Waals surface area contributed by atoms with E-state index in [1.807, 2.05) is 133 Å². The summed E-state index contributed by atoms with van der Waals surface area (Å²) in [6, 6.07) is 46.3. The molecule has 8 heteroatoms. The topological polar surface area (TPSA) is 104 Å². The van der Waals surface area contributed by atoms with Gasteiger partial charge in [0.1, 0.15) is 22.9 Å². The summed E-state index contributed by atoms with van der Waals surface area (Å²) in [6.45, 7) is 2.76. The molecule has 0 aliphatic rings. The van der Waals surface area contributed by atoms with Gasteiger partial charge in [-0.15, -0.1) is 0 Å². The largest absolute Gasteiger partial charge is 0.426 e. The second kappa shape index (κ2) is 13.7. The van der Waals surface area contributed by atoms with Crippen LogP contribution in [0.25, 0.3) is 78.2 Å². The standard InChI is InChI=1S/C44H30N4O4/c1-27(49)51-39-19-11-9-17-33(39)43-42(30-15-7-4-8-16-30)47-37-25-31(22-24-36(37)46-43)32-21-23-35-38(26-32)48-44(41(45-35)29-13-5-3-6-14-29)34-18-10-12-20-40(34)52-28(2)50/h3-26H,1-2H3. The lowest BCUT2D eigenvalue weighted by Crippen LogP contribution is -2.04. The highest BCUT2D eigenvalue weighted by Crippen LogP contribution is 2.39. The van der Waals surface area contributed by atoms with Crippen LogP contribution in [0.15, 0.2) is 146 Å². The summed E-state index contributed by atoms with van der Waals surface area (Å²) in [4.78, 5) is 44.4. The number of carbonyl (C=O) groups excluding carboxylic acids is 2. The Morgan fingerprint density at radius 2 is 0.750 bits per heavy atom. The zero-order valence-corrected chi connectivity index (χ0v) is 28.3. The van der Waals surface area contributed by atoms with Gasteiger partial charge >= 0.3 is 11.9 Å². The van der Waals surface area contributed by atoms with E-state index >= 15 is 0 Å². The van der Waals surface area contributed by atoms with Gasteiger partial charge in [-0.3, -0.25) is 9.59 Å². The third-order valence-corrected chi connectivity index (χ3v) is 8.55. The molecule has 8 nitrogen and oxygen atoms in total. The van der Waals surface area contributed by atoms with Crippen LogP contribution >= 0.6 is 0 Å². The Labute approximate surface area is 299 Å².